The van der Waals surface area contributed by atoms with E-state index in [1.165, 1.54) is 32.1 Å². The summed E-state index contributed by atoms with van der Waals surface area (Å²) in [7, 11) is 1.82. The van der Waals surface area contributed by atoms with Gasteiger partial charge in [-0.2, -0.15) is 0 Å². The van der Waals surface area contributed by atoms with E-state index in [-0.39, 0.29) is 0 Å². The number of ether oxygens (including phenoxy) is 1. The van der Waals surface area contributed by atoms with Crippen LogP contribution < -0.4 is 0 Å². The van der Waals surface area contributed by atoms with Crippen LogP contribution in [0.1, 0.15) is 59.8 Å². The monoisotopic (exact) mass is 174 g/mol. The molecule has 0 aromatic heterocycles. The second kappa shape index (κ2) is 13.5. The van der Waals surface area contributed by atoms with E-state index in [1.807, 2.05) is 21.0 Å². The van der Waals surface area contributed by atoms with Gasteiger partial charge in [0.15, 0.2) is 0 Å². The summed E-state index contributed by atoms with van der Waals surface area (Å²) < 4.78 is 5.29. The average Bonchev–Trinajstić information content (AvgIpc) is 2.15. The number of rotatable bonds is 6. The van der Waals surface area contributed by atoms with Crippen LogP contribution in [0, 0.1) is 0 Å². The number of hydrogen-bond acceptors (Lipinski definition) is 1. The van der Waals surface area contributed by atoms with Crippen molar-refractivity contribution in [3.05, 3.63) is 0 Å². The van der Waals surface area contributed by atoms with Crippen LogP contribution in [0.25, 0.3) is 0 Å². The highest BCUT2D eigenvalue weighted by molar-refractivity contribution is 4.55. The van der Waals surface area contributed by atoms with Crippen LogP contribution in [0.2, 0.25) is 0 Å². The topological polar surface area (TPSA) is 9.23 Å². The minimum Gasteiger partial charge on any atom is -0.381 e. The molecule has 1 heteroatoms. The zero-order valence-corrected chi connectivity index (χ0v) is 9.52. The molecule has 0 aliphatic heterocycles. The molecule has 0 saturated heterocycles. The Morgan fingerprint density at radius 2 is 1.58 bits per heavy atom. The van der Waals surface area contributed by atoms with Gasteiger partial charge in [-0.25, -0.2) is 0 Å². The predicted molar refractivity (Wildman–Crippen MR) is 56.6 cm³/mol. The van der Waals surface area contributed by atoms with E-state index in [0.717, 1.165) is 0 Å². The first-order valence-electron chi connectivity index (χ1n) is 5.37. The van der Waals surface area contributed by atoms with Crippen molar-refractivity contribution in [3.8, 4) is 0 Å². The lowest BCUT2D eigenvalue weighted by atomic mass is 10.1. The molecule has 12 heavy (non-hydrogen) atoms. The molecule has 1 nitrogen and oxygen atoms in total. The molecule has 0 radical (unpaired) electrons. The molecule has 1 unspecified atom stereocenters. The van der Waals surface area contributed by atoms with Crippen LogP contribution in [-0.2, 0) is 4.74 Å². The molecule has 0 aliphatic carbocycles. The van der Waals surface area contributed by atoms with Gasteiger partial charge in [-0.05, 0) is 12.8 Å². The molecule has 76 valence electrons. The maximum absolute atomic E-state index is 5.29. The van der Waals surface area contributed by atoms with Gasteiger partial charge in [-0.15, -0.1) is 0 Å². The fourth-order valence-corrected chi connectivity index (χ4v) is 1.13. The van der Waals surface area contributed by atoms with Gasteiger partial charge in [-0.1, -0.05) is 47.0 Å². The van der Waals surface area contributed by atoms with Crippen LogP contribution in [0.5, 0.6) is 0 Å². The zero-order valence-electron chi connectivity index (χ0n) is 9.52. The van der Waals surface area contributed by atoms with E-state index >= 15 is 0 Å². The van der Waals surface area contributed by atoms with E-state index in [2.05, 4.69) is 13.8 Å². The first-order valence-corrected chi connectivity index (χ1v) is 5.37. The highest BCUT2D eigenvalue weighted by Gasteiger charge is 2.03. The molecule has 0 rings (SSSR count). The summed E-state index contributed by atoms with van der Waals surface area (Å²) >= 11 is 0. The van der Waals surface area contributed by atoms with E-state index in [0.29, 0.717) is 6.10 Å². The lowest BCUT2D eigenvalue weighted by Crippen LogP contribution is -2.09. The third-order valence-corrected chi connectivity index (χ3v) is 1.82. The van der Waals surface area contributed by atoms with Gasteiger partial charge in [-0.3, -0.25) is 0 Å². The molecule has 0 bridgehead atoms. The Kier molecular flexibility index (Phi) is 16.3. The van der Waals surface area contributed by atoms with Crippen molar-refractivity contribution in [1.29, 1.82) is 0 Å². The molecule has 0 aromatic rings. The summed E-state index contributed by atoms with van der Waals surface area (Å²) in [6.45, 7) is 8.43. The first kappa shape index (κ1) is 14.5. The van der Waals surface area contributed by atoms with E-state index in [1.54, 1.807) is 0 Å². The van der Waals surface area contributed by atoms with Crippen LogP contribution in [-0.4, -0.2) is 13.2 Å². The Labute approximate surface area is 78.5 Å². The fourth-order valence-electron chi connectivity index (χ4n) is 1.13. The molecular formula is C11H26O. The van der Waals surface area contributed by atoms with Gasteiger partial charge < -0.3 is 4.74 Å². The molecule has 0 amide bonds. The molecule has 1 atom stereocenters. The van der Waals surface area contributed by atoms with Crippen molar-refractivity contribution in [2.24, 2.45) is 0 Å². The molecule has 0 fully saturated rings. The van der Waals surface area contributed by atoms with Crippen LogP contribution >= 0.6 is 0 Å². The predicted octanol–water partition coefficient (Wildman–Crippen LogP) is 4.02. The van der Waals surface area contributed by atoms with Crippen molar-refractivity contribution in [3.63, 3.8) is 0 Å². The molecule has 0 aromatic carbocycles. The Morgan fingerprint density at radius 3 is 1.92 bits per heavy atom. The van der Waals surface area contributed by atoms with Crippen molar-refractivity contribution in [2.45, 2.75) is 65.9 Å². The normalized spacial score (nSPS) is 11.8. The largest absolute Gasteiger partial charge is 0.381 e. The molecule has 0 aliphatic rings. The second-order valence-corrected chi connectivity index (χ2v) is 2.79. The minimum absolute atomic E-state index is 0.518. The summed E-state index contributed by atoms with van der Waals surface area (Å²) in [5.41, 5.74) is 0. The minimum atomic E-state index is 0.518. The molecule has 0 spiro atoms. The van der Waals surface area contributed by atoms with Crippen molar-refractivity contribution < 1.29 is 4.74 Å². The maximum Gasteiger partial charge on any atom is 0.0571 e. The number of methoxy groups -OCH3 is 1. The third kappa shape index (κ3) is 9.96. The van der Waals surface area contributed by atoms with Crippen LogP contribution in [0.15, 0.2) is 0 Å². The summed E-state index contributed by atoms with van der Waals surface area (Å²) in [6.07, 6.45) is 6.80. The summed E-state index contributed by atoms with van der Waals surface area (Å²) in [5, 5.41) is 0. The fraction of sp³-hybridized carbons (Fsp3) is 1.00. The van der Waals surface area contributed by atoms with Gasteiger partial charge in [0.05, 0.1) is 6.10 Å². The molecule has 0 N–H and O–H groups in total. The van der Waals surface area contributed by atoms with Crippen molar-refractivity contribution >= 4 is 0 Å². The van der Waals surface area contributed by atoms with E-state index < -0.39 is 0 Å². The van der Waals surface area contributed by atoms with Gasteiger partial charge >= 0.3 is 0 Å². The average molecular weight is 174 g/mol. The molecule has 0 heterocycles. The Morgan fingerprint density at radius 1 is 1.00 bits per heavy atom. The smallest absolute Gasteiger partial charge is 0.0571 e. The van der Waals surface area contributed by atoms with Gasteiger partial charge in [0, 0.05) is 7.11 Å². The summed E-state index contributed by atoms with van der Waals surface area (Å²) in [5.74, 6) is 0. The number of hydrogen-bond donors (Lipinski definition) is 0. The van der Waals surface area contributed by atoms with E-state index in [9.17, 15) is 0 Å². The zero-order chi connectivity index (χ0) is 9.82. The Bertz CT molecular complexity index is 62.0. The van der Waals surface area contributed by atoms with Gasteiger partial charge in [0.1, 0.15) is 0 Å². The highest BCUT2D eigenvalue weighted by atomic mass is 16.5. The van der Waals surface area contributed by atoms with Crippen molar-refractivity contribution in [1.82, 2.24) is 0 Å². The van der Waals surface area contributed by atoms with E-state index in [4.69, 9.17) is 4.74 Å². The molecular weight excluding hydrogens is 148 g/mol. The lowest BCUT2D eigenvalue weighted by Gasteiger charge is -2.12. The van der Waals surface area contributed by atoms with Crippen LogP contribution in [0.3, 0.4) is 0 Å². The Hall–Kier alpha value is -0.0400. The maximum atomic E-state index is 5.29. The first-order chi connectivity index (χ1) is 5.85. The summed E-state index contributed by atoms with van der Waals surface area (Å²) in [6, 6.07) is 0. The van der Waals surface area contributed by atoms with Gasteiger partial charge in [0.2, 0.25) is 0 Å². The Balaban J connectivity index is 0. The molecule has 0 saturated carbocycles. The second-order valence-electron chi connectivity index (χ2n) is 2.79. The quantitative estimate of drug-likeness (QED) is 0.591. The van der Waals surface area contributed by atoms with Crippen molar-refractivity contribution in [2.75, 3.05) is 7.11 Å². The number of unbranched alkanes of at least 4 members (excludes halogenated alkanes) is 1. The van der Waals surface area contributed by atoms with Crippen LogP contribution in [0.4, 0.5) is 0 Å². The standard InChI is InChI=1S/C9H20O.C2H6/c1-4-6-8-9(10-3)7-5-2;1-2/h9H,4-8H2,1-3H3;1-2H3. The third-order valence-electron chi connectivity index (χ3n) is 1.82. The SMILES string of the molecule is CC.CCCCC(CCC)OC. The highest BCUT2D eigenvalue weighted by Crippen LogP contribution is 2.09. The summed E-state index contributed by atoms with van der Waals surface area (Å²) in [4.78, 5) is 0. The van der Waals surface area contributed by atoms with Gasteiger partial charge in [0.25, 0.3) is 0 Å². The lowest BCUT2D eigenvalue weighted by molar-refractivity contribution is 0.0854.